The lowest BCUT2D eigenvalue weighted by Crippen LogP contribution is -2.57. The molecule has 4 nitrogen and oxygen atoms in total. The van der Waals surface area contributed by atoms with Crippen LogP contribution in [-0.2, 0) is 0 Å². The summed E-state index contributed by atoms with van der Waals surface area (Å²) >= 11 is 0. The van der Waals surface area contributed by atoms with E-state index in [-0.39, 0.29) is 6.71 Å². The van der Waals surface area contributed by atoms with Gasteiger partial charge in [0, 0.05) is 33.9 Å². The third kappa shape index (κ3) is 5.47. The number of rotatable bonds is 6. The van der Waals surface area contributed by atoms with Crippen molar-refractivity contribution in [3.63, 3.8) is 0 Å². The molecule has 10 aromatic rings. The van der Waals surface area contributed by atoms with Crippen LogP contribution >= 0.6 is 0 Å². The predicted molar refractivity (Wildman–Crippen MR) is 242 cm³/mol. The lowest BCUT2D eigenvalue weighted by molar-refractivity contribution is 0.465. The van der Waals surface area contributed by atoms with E-state index < -0.39 is 0 Å². The van der Waals surface area contributed by atoms with Gasteiger partial charge in [-0.25, -0.2) is 0 Å². The quantitative estimate of drug-likeness (QED) is 0.158. The SMILES string of the molecule is c1ccc(-c2ccc3c(c2)Oc2cc(N(c4ccccc4-c4ccccc4)c4cccc5c4oc4ccccc45)cc4c2B3c2ccc(-c3ccccc3)cc2O4)cc1. The van der Waals surface area contributed by atoms with E-state index in [1.54, 1.807) is 0 Å². The largest absolute Gasteiger partial charge is 0.458 e. The van der Waals surface area contributed by atoms with Gasteiger partial charge in [-0.15, -0.1) is 0 Å². The Morgan fingerprint density at radius 3 is 1.54 bits per heavy atom. The zero-order valence-electron chi connectivity index (χ0n) is 31.9. The molecule has 0 saturated carbocycles. The van der Waals surface area contributed by atoms with Crippen LogP contribution in [0.1, 0.15) is 0 Å². The minimum absolute atomic E-state index is 0.0972. The summed E-state index contributed by atoms with van der Waals surface area (Å²) in [6.45, 7) is -0.0972. The van der Waals surface area contributed by atoms with Crippen LogP contribution in [0.3, 0.4) is 0 Å². The molecule has 0 atom stereocenters. The Kier molecular flexibility index (Phi) is 7.60. The Labute approximate surface area is 342 Å². The van der Waals surface area contributed by atoms with Gasteiger partial charge in [-0.3, -0.25) is 0 Å². The van der Waals surface area contributed by atoms with Crippen molar-refractivity contribution in [3.05, 3.63) is 206 Å². The number of hydrogen-bond acceptors (Lipinski definition) is 4. The minimum Gasteiger partial charge on any atom is -0.458 e. The summed E-state index contributed by atoms with van der Waals surface area (Å²) in [6, 6.07) is 72.4. The Morgan fingerprint density at radius 2 is 0.898 bits per heavy atom. The van der Waals surface area contributed by atoms with Gasteiger partial charge in [0.2, 0.25) is 0 Å². The van der Waals surface area contributed by atoms with Crippen molar-refractivity contribution in [1.82, 2.24) is 0 Å². The third-order valence-electron chi connectivity index (χ3n) is 11.8. The molecule has 59 heavy (non-hydrogen) atoms. The number of hydrogen-bond donors (Lipinski definition) is 0. The molecule has 0 radical (unpaired) electrons. The summed E-state index contributed by atoms with van der Waals surface area (Å²) in [5.74, 6) is 3.19. The summed E-state index contributed by atoms with van der Waals surface area (Å²) in [4.78, 5) is 2.30. The first-order chi connectivity index (χ1) is 29.2. The van der Waals surface area contributed by atoms with Crippen molar-refractivity contribution in [1.29, 1.82) is 0 Å². The zero-order valence-corrected chi connectivity index (χ0v) is 31.9. The topological polar surface area (TPSA) is 34.8 Å². The highest BCUT2D eigenvalue weighted by Crippen LogP contribution is 2.48. The molecule has 3 heterocycles. The normalized spacial score (nSPS) is 12.3. The van der Waals surface area contributed by atoms with Crippen LogP contribution < -0.4 is 30.8 Å². The highest BCUT2D eigenvalue weighted by molar-refractivity contribution is 6.98. The molecule has 2 aliphatic rings. The Hall–Kier alpha value is -7.76. The fourth-order valence-corrected chi connectivity index (χ4v) is 9.07. The molecule has 0 amide bonds. The average Bonchev–Trinajstić information content (AvgIpc) is 3.69. The van der Waals surface area contributed by atoms with Gasteiger partial charge in [0.05, 0.1) is 17.1 Å². The van der Waals surface area contributed by atoms with Crippen molar-refractivity contribution < 1.29 is 13.9 Å². The molecule has 0 N–H and O–H groups in total. The van der Waals surface area contributed by atoms with Crippen LogP contribution in [-0.4, -0.2) is 6.71 Å². The number of benzene rings is 9. The second kappa shape index (κ2) is 13.4. The first-order valence-corrected chi connectivity index (χ1v) is 20.0. The third-order valence-corrected chi connectivity index (χ3v) is 11.8. The first kappa shape index (κ1) is 33.4. The molecule has 0 aliphatic carbocycles. The van der Waals surface area contributed by atoms with Crippen LogP contribution in [0.25, 0.3) is 55.3 Å². The molecule has 0 unspecified atom stereocenters. The van der Waals surface area contributed by atoms with Crippen LogP contribution in [0.15, 0.2) is 211 Å². The van der Waals surface area contributed by atoms with Crippen molar-refractivity contribution in [2.45, 2.75) is 0 Å². The fourth-order valence-electron chi connectivity index (χ4n) is 9.07. The molecule has 0 bridgehead atoms. The van der Waals surface area contributed by atoms with Crippen molar-refractivity contribution in [3.8, 4) is 56.4 Å². The summed E-state index contributed by atoms with van der Waals surface area (Å²) in [5.41, 5.74) is 14.4. The molecule has 2 aliphatic heterocycles. The number of fused-ring (bicyclic) bond motifs is 7. The lowest BCUT2D eigenvalue weighted by Gasteiger charge is -2.35. The standard InChI is InChI=1S/C54H34BNO3/c1-4-15-35(16-5-1)38-27-29-44-49(31-38)57-51-33-40(34-52-53(51)55(44)45-30-28-39(32-50(45)58-52)36-17-6-2-7-18-36)56(46-24-12-10-21-41(46)37-19-8-3-9-20-37)47-25-14-23-43-42-22-11-13-26-48(42)59-54(43)47/h1-34H. The van der Waals surface area contributed by atoms with E-state index in [0.717, 1.165) is 112 Å². The first-order valence-electron chi connectivity index (χ1n) is 20.0. The predicted octanol–water partition coefficient (Wildman–Crippen LogP) is 12.8. The molecule has 12 rings (SSSR count). The molecule has 1 aromatic heterocycles. The maximum Gasteiger partial charge on any atom is 0.260 e. The molecule has 0 saturated heterocycles. The Balaban J connectivity index is 1.11. The second-order valence-corrected chi connectivity index (χ2v) is 15.2. The van der Waals surface area contributed by atoms with E-state index >= 15 is 0 Å². The molecule has 0 spiro atoms. The van der Waals surface area contributed by atoms with E-state index in [0.29, 0.717) is 0 Å². The fraction of sp³-hybridized carbons (Fsp3) is 0. The maximum atomic E-state index is 7.08. The summed E-state index contributed by atoms with van der Waals surface area (Å²) in [6.07, 6.45) is 0. The monoisotopic (exact) mass is 755 g/mol. The van der Waals surface area contributed by atoms with E-state index in [9.17, 15) is 0 Å². The maximum absolute atomic E-state index is 7.08. The van der Waals surface area contributed by atoms with Gasteiger partial charge in [0.1, 0.15) is 28.6 Å². The van der Waals surface area contributed by atoms with Gasteiger partial charge in [-0.05, 0) is 69.1 Å². The Morgan fingerprint density at radius 1 is 0.373 bits per heavy atom. The Bertz CT molecular complexity index is 3120. The van der Waals surface area contributed by atoms with Crippen molar-refractivity contribution >= 4 is 62.1 Å². The number of ether oxygens (including phenoxy) is 2. The van der Waals surface area contributed by atoms with Gasteiger partial charge in [0.15, 0.2) is 5.58 Å². The molecule has 0 fully saturated rings. The molecular formula is C54H34BNO3. The number of anilines is 3. The second-order valence-electron chi connectivity index (χ2n) is 15.2. The van der Waals surface area contributed by atoms with Crippen LogP contribution in [0.2, 0.25) is 0 Å². The summed E-state index contributed by atoms with van der Waals surface area (Å²) < 4.78 is 20.9. The van der Waals surface area contributed by atoms with Gasteiger partial charge >= 0.3 is 0 Å². The zero-order chi connectivity index (χ0) is 38.9. The molecule has 276 valence electrons. The van der Waals surface area contributed by atoms with Crippen molar-refractivity contribution in [2.24, 2.45) is 0 Å². The highest BCUT2D eigenvalue weighted by Gasteiger charge is 2.41. The van der Waals surface area contributed by atoms with E-state index in [4.69, 9.17) is 13.9 Å². The van der Waals surface area contributed by atoms with Crippen molar-refractivity contribution in [2.75, 3.05) is 4.90 Å². The van der Waals surface area contributed by atoms with E-state index in [1.165, 1.54) is 0 Å². The number of para-hydroxylation sites is 3. The van der Waals surface area contributed by atoms with E-state index in [1.807, 2.05) is 24.3 Å². The highest BCUT2D eigenvalue weighted by atomic mass is 16.5. The van der Waals surface area contributed by atoms with Gasteiger partial charge in [-0.2, -0.15) is 0 Å². The van der Waals surface area contributed by atoms with E-state index in [2.05, 4.69) is 187 Å². The van der Waals surface area contributed by atoms with Gasteiger partial charge < -0.3 is 18.8 Å². The number of furan rings is 1. The van der Waals surface area contributed by atoms with Crippen LogP contribution in [0.4, 0.5) is 17.1 Å². The van der Waals surface area contributed by atoms with Gasteiger partial charge in [0.25, 0.3) is 6.71 Å². The molecule has 5 heteroatoms. The van der Waals surface area contributed by atoms with Gasteiger partial charge in [-0.1, -0.05) is 164 Å². The smallest absolute Gasteiger partial charge is 0.260 e. The lowest BCUT2D eigenvalue weighted by atomic mass is 9.34. The van der Waals surface area contributed by atoms with Crippen LogP contribution in [0.5, 0.6) is 23.0 Å². The number of nitrogens with zero attached hydrogens (tertiary/aromatic N) is 1. The average molecular weight is 756 g/mol. The minimum atomic E-state index is -0.0972. The molecular weight excluding hydrogens is 721 g/mol. The molecule has 9 aromatic carbocycles. The van der Waals surface area contributed by atoms with Crippen LogP contribution in [0, 0.1) is 0 Å². The summed E-state index contributed by atoms with van der Waals surface area (Å²) in [5, 5.41) is 2.13. The summed E-state index contributed by atoms with van der Waals surface area (Å²) in [7, 11) is 0.